The van der Waals surface area contributed by atoms with Crippen molar-refractivity contribution in [2.24, 2.45) is 0 Å². The Labute approximate surface area is 203 Å². The largest absolute Gasteiger partial charge is 0.311 e. The van der Waals surface area contributed by atoms with Crippen LogP contribution in [0.2, 0.25) is 0 Å². The fraction of sp³-hybridized carbons (Fsp3) is 0. The quantitative estimate of drug-likeness (QED) is 0.258. The van der Waals surface area contributed by atoms with E-state index in [1.54, 1.807) is 0 Å². The van der Waals surface area contributed by atoms with Crippen molar-refractivity contribution in [1.82, 2.24) is 0 Å². The Morgan fingerprint density at radius 1 is 0.364 bits per heavy atom. The SMILES string of the molecule is c1ccc(N(c2ccccc2)c2ccc(-c3ccc4c(c3)Sc3ccccc3S4)cc2)cc1. The van der Waals surface area contributed by atoms with Gasteiger partial charge in [-0.25, -0.2) is 0 Å². The minimum Gasteiger partial charge on any atom is -0.311 e. The van der Waals surface area contributed by atoms with Crippen LogP contribution in [0.1, 0.15) is 0 Å². The average Bonchev–Trinajstić information content (AvgIpc) is 2.89. The first-order valence-electron chi connectivity index (χ1n) is 10.9. The van der Waals surface area contributed by atoms with Crippen LogP contribution >= 0.6 is 23.5 Å². The summed E-state index contributed by atoms with van der Waals surface area (Å²) in [7, 11) is 0. The first-order chi connectivity index (χ1) is 16.3. The van der Waals surface area contributed by atoms with E-state index in [1.807, 2.05) is 23.5 Å². The standard InChI is InChI=1S/C30H21NS2/c1-3-9-24(10-4-1)31(25-11-5-2-6-12-25)26-18-15-22(16-19-26)23-17-20-29-30(21-23)33-28-14-8-7-13-27(28)32-29/h1-21H. The van der Waals surface area contributed by atoms with Crippen LogP contribution in [0.3, 0.4) is 0 Å². The highest BCUT2D eigenvalue weighted by Crippen LogP contribution is 2.49. The molecule has 33 heavy (non-hydrogen) atoms. The van der Waals surface area contributed by atoms with Crippen molar-refractivity contribution in [1.29, 1.82) is 0 Å². The normalized spacial score (nSPS) is 12.0. The summed E-state index contributed by atoms with van der Waals surface area (Å²) in [6.07, 6.45) is 0. The molecule has 158 valence electrons. The molecule has 0 atom stereocenters. The van der Waals surface area contributed by atoms with Crippen molar-refractivity contribution < 1.29 is 0 Å². The van der Waals surface area contributed by atoms with Crippen molar-refractivity contribution in [3.63, 3.8) is 0 Å². The molecule has 0 bridgehead atoms. The maximum atomic E-state index is 2.32. The molecule has 0 aliphatic carbocycles. The summed E-state index contributed by atoms with van der Waals surface area (Å²) in [6.45, 7) is 0. The number of hydrogen-bond acceptors (Lipinski definition) is 3. The molecule has 0 N–H and O–H groups in total. The van der Waals surface area contributed by atoms with Gasteiger partial charge in [0, 0.05) is 36.6 Å². The number of anilines is 3. The van der Waals surface area contributed by atoms with Crippen LogP contribution in [0, 0.1) is 0 Å². The predicted molar refractivity (Wildman–Crippen MR) is 141 cm³/mol. The van der Waals surface area contributed by atoms with Gasteiger partial charge >= 0.3 is 0 Å². The number of nitrogens with zero attached hydrogens (tertiary/aromatic N) is 1. The Kier molecular flexibility index (Phi) is 5.43. The first kappa shape index (κ1) is 20.2. The van der Waals surface area contributed by atoms with E-state index < -0.39 is 0 Å². The van der Waals surface area contributed by atoms with Crippen LogP contribution in [0.4, 0.5) is 17.1 Å². The minimum absolute atomic E-state index is 1.15. The van der Waals surface area contributed by atoms with E-state index in [0.29, 0.717) is 0 Å². The number of hydrogen-bond donors (Lipinski definition) is 0. The molecule has 3 heteroatoms. The third-order valence-electron chi connectivity index (χ3n) is 5.72. The monoisotopic (exact) mass is 459 g/mol. The first-order valence-corrected chi connectivity index (χ1v) is 12.6. The van der Waals surface area contributed by atoms with Crippen LogP contribution < -0.4 is 4.90 Å². The number of para-hydroxylation sites is 2. The van der Waals surface area contributed by atoms with Crippen molar-refractivity contribution >= 4 is 40.6 Å². The predicted octanol–water partition coefficient (Wildman–Crippen LogP) is 9.44. The highest BCUT2D eigenvalue weighted by atomic mass is 32.2. The maximum absolute atomic E-state index is 2.32. The lowest BCUT2D eigenvalue weighted by Gasteiger charge is -2.25. The third-order valence-corrected chi connectivity index (χ3v) is 8.26. The fourth-order valence-corrected chi connectivity index (χ4v) is 6.37. The van der Waals surface area contributed by atoms with Gasteiger partial charge in [0.25, 0.3) is 0 Å². The van der Waals surface area contributed by atoms with Crippen LogP contribution in [-0.4, -0.2) is 0 Å². The molecule has 1 nitrogen and oxygen atoms in total. The van der Waals surface area contributed by atoms with Crippen LogP contribution in [0.25, 0.3) is 11.1 Å². The molecule has 0 spiro atoms. The molecular formula is C30H21NS2. The molecular weight excluding hydrogens is 438 g/mol. The second-order valence-corrected chi connectivity index (χ2v) is 10.0. The van der Waals surface area contributed by atoms with Gasteiger partial charge < -0.3 is 4.90 Å². The Bertz CT molecular complexity index is 1360. The molecule has 0 radical (unpaired) electrons. The van der Waals surface area contributed by atoms with E-state index >= 15 is 0 Å². The van der Waals surface area contributed by atoms with Gasteiger partial charge in [0.1, 0.15) is 0 Å². The molecule has 5 aromatic rings. The van der Waals surface area contributed by atoms with E-state index in [2.05, 4.69) is 132 Å². The van der Waals surface area contributed by atoms with Crippen LogP contribution in [0.5, 0.6) is 0 Å². The van der Waals surface area contributed by atoms with Gasteiger partial charge in [0.2, 0.25) is 0 Å². The molecule has 0 saturated heterocycles. The number of benzene rings is 5. The van der Waals surface area contributed by atoms with E-state index in [4.69, 9.17) is 0 Å². The molecule has 0 fully saturated rings. The molecule has 6 rings (SSSR count). The van der Waals surface area contributed by atoms with Gasteiger partial charge in [-0.15, -0.1) is 0 Å². The highest BCUT2D eigenvalue weighted by Gasteiger charge is 2.17. The summed E-state index contributed by atoms with van der Waals surface area (Å²) in [5, 5.41) is 0. The zero-order chi connectivity index (χ0) is 22.0. The Hall–Kier alpha value is -3.40. The lowest BCUT2D eigenvalue weighted by molar-refractivity contribution is 1.16. The molecule has 5 aromatic carbocycles. The molecule has 0 unspecified atom stereocenters. The number of fused-ring (bicyclic) bond motifs is 2. The van der Waals surface area contributed by atoms with Gasteiger partial charge in [0.15, 0.2) is 0 Å². The van der Waals surface area contributed by atoms with Gasteiger partial charge in [-0.05, 0) is 71.8 Å². The molecule has 0 saturated carbocycles. The zero-order valence-corrected chi connectivity index (χ0v) is 19.5. The zero-order valence-electron chi connectivity index (χ0n) is 17.9. The summed E-state index contributed by atoms with van der Waals surface area (Å²) in [5.74, 6) is 0. The topological polar surface area (TPSA) is 3.24 Å². The molecule has 0 amide bonds. The van der Waals surface area contributed by atoms with E-state index in [9.17, 15) is 0 Å². The van der Waals surface area contributed by atoms with Crippen molar-refractivity contribution in [3.8, 4) is 11.1 Å². The van der Waals surface area contributed by atoms with E-state index in [1.165, 1.54) is 30.7 Å². The summed E-state index contributed by atoms with van der Waals surface area (Å²) >= 11 is 3.73. The fourth-order valence-electron chi connectivity index (χ4n) is 4.11. The Balaban J connectivity index is 1.33. The summed E-state index contributed by atoms with van der Waals surface area (Å²) < 4.78 is 0. The van der Waals surface area contributed by atoms with Crippen molar-refractivity contribution in [2.75, 3.05) is 4.90 Å². The molecule has 1 aliphatic rings. The van der Waals surface area contributed by atoms with E-state index in [0.717, 1.165) is 17.1 Å². The smallest absolute Gasteiger partial charge is 0.0462 e. The molecule has 1 aliphatic heterocycles. The summed E-state index contributed by atoms with van der Waals surface area (Å²) in [5.41, 5.74) is 5.92. The van der Waals surface area contributed by atoms with E-state index in [-0.39, 0.29) is 0 Å². The Morgan fingerprint density at radius 3 is 1.42 bits per heavy atom. The van der Waals surface area contributed by atoms with Crippen LogP contribution in [-0.2, 0) is 0 Å². The van der Waals surface area contributed by atoms with Gasteiger partial charge in [-0.1, -0.05) is 90.3 Å². The van der Waals surface area contributed by atoms with Gasteiger partial charge in [-0.3, -0.25) is 0 Å². The Morgan fingerprint density at radius 2 is 0.818 bits per heavy atom. The summed E-state index contributed by atoms with van der Waals surface area (Å²) in [6, 6.07) is 45.4. The maximum Gasteiger partial charge on any atom is 0.0462 e. The van der Waals surface area contributed by atoms with Crippen molar-refractivity contribution in [2.45, 2.75) is 19.6 Å². The van der Waals surface area contributed by atoms with Crippen molar-refractivity contribution in [3.05, 3.63) is 127 Å². The lowest BCUT2D eigenvalue weighted by Crippen LogP contribution is -2.09. The highest BCUT2D eigenvalue weighted by molar-refractivity contribution is 8.05. The average molecular weight is 460 g/mol. The lowest BCUT2D eigenvalue weighted by atomic mass is 10.0. The third kappa shape index (κ3) is 4.06. The summed E-state index contributed by atoms with van der Waals surface area (Å²) in [4.78, 5) is 7.63. The minimum atomic E-state index is 1.15. The van der Waals surface area contributed by atoms with Crippen LogP contribution in [0.15, 0.2) is 147 Å². The van der Waals surface area contributed by atoms with Gasteiger partial charge in [-0.2, -0.15) is 0 Å². The second kappa shape index (κ2) is 8.86. The number of rotatable bonds is 4. The van der Waals surface area contributed by atoms with Gasteiger partial charge in [0.05, 0.1) is 0 Å². The molecule has 1 heterocycles. The second-order valence-electron chi connectivity index (χ2n) is 7.87. The molecule has 0 aromatic heterocycles.